The second-order valence-corrected chi connectivity index (χ2v) is 5.67. The van der Waals surface area contributed by atoms with Crippen LogP contribution in [0.4, 0.5) is 0 Å². The van der Waals surface area contributed by atoms with Gasteiger partial charge in [0.05, 0.1) is 12.2 Å². The average Bonchev–Trinajstić information content (AvgIpc) is 1.80. The summed E-state index contributed by atoms with van der Waals surface area (Å²) in [6.07, 6.45) is 1.57. The Morgan fingerprint density at radius 2 is 1.23 bits per heavy atom. The zero-order valence-corrected chi connectivity index (χ0v) is 10.6. The third-order valence-corrected chi connectivity index (χ3v) is 3.51. The SMILES string of the molecule is CC(C)CP(OC(C)C)OC(C)C. The van der Waals surface area contributed by atoms with Crippen molar-refractivity contribution in [2.45, 2.75) is 53.8 Å². The number of rotatable bonds is 6. The fraction of sp³-hybridized carbons (Fsp3) is 1.00. The second-order valence-electron chi connectivity index (χ2n) is 4.22. The van der Waals surface area contributed by atoms with Gasteiger partial charge in [-0.2, -0.15) is 0 Å². The quantitative estimate of drug-likeness (QED) is 0.615. The molecule has 0 rings (SSSR count). The van der Waals surface area contributed by atoms with E-state index in [9.17, 15) is 0 Å². The smallest absolute Gasteiger partial charge is 0.171 e. The molecule has 0 aromatic rings. The summed E-state index contributed by atoms with van der Waals surface area (Å²) in [5.41, 5.74) is 0. The Labute approximate surface area is 83.9 Å². The summed E-state index contributed by atoms with van der Waals surface area (Å²) >= 11 is 0. The zero-order chi connectivity index (χ0) is 10.4. The van der Waals surface area contributed by atoms with Gasteiger partial charge in [0.1, 0.15) is 0 Å². The van der Waals surface area contributed by atoms with E-state index in [-0.39, 0.29) is 12.2 Å². The highest BCUT2D eigenvalue weighted by Gasteiger charge is 2.15. The van der Waals surface area contributed by atoms with Crippen molar-refractivity contribution in [3.63, 3.8) is 0 Å². The standard InChI is InChI=1S/C10H23O2P/c1-8(2)7-13(11-9(3)4)12-10(5)6/h8-10H,7H2,1-6H3. The van der Waals surface area contributed by atoms with Crippen molar-refractivity contribution in [2.24, 2.45) is 5.92 Å². The van der Waals surface area contributed by atoms with Crippen molar-refractivity contribution >= 4 is 8.38 Å². The highest BCUT2D eigenvalue weighted by atomic mass is 31.2. The molecule has 13 heavy (non-hydrogen) atoms. The third-order valence-electron chi connectivity index (χ3n) is 1.17. The van der Waals surface area contributed by atoms with Crippen LogP contribution in [0.2, 0.25) is 0 Å². The molecule has 0 saturated carbocycles. The Hall–Kier alpha value is 0.350. The highest BCUT2D eigenvalue weighted by Crippen LogP contribution is 2.42. The first-order valence-corrected chi connectivity index (χ1v) is 6.39. The van der Waals surface area contributed by atoms with Gasteiger partial charge in [-0.1, -0.05) is 13.8 Å². The predicted molar refractivity (Wildman–Crippen MR) is 59.1 cm³/mol. The van der Waals surface area contributed by atoms with Crippen molar-refractivity contribution in [3.05, 3.63) is 0 Å². The van der Waals surface area contributed by atoms with Gasteiger partial charge in [-0.05, 0) is 33.6 Å². The van der Waals surface area contributed by atoms with E-state index in [4.69, 9.17) is 9.05 Å². The predicted octanol–water partition coefficient (Wildman–Crippen LogP) is 3.80. The molecule has 0 spiro atoms. The van der Waals surface area contributed by atoms with E-state index in [2.05, 4.69) is 41.5 Å². The van der Waals surface area contributed by atoms with E-state index in [1.807, 2.05) is 0 Å². The molecule has 0 aromatic heterocycles. The van der Waals surface area contributed by atoms with Gasteiger partial charge in [-0.15, -0.1) is 0 Å². The largest absolute Gasteiger partial charge is 0.331 e. The monoisotopic (exact) mass is 206 g/mol. The molecule has 0 saturated heterocycles. The van der Waals surface area contributed by atoms with E-state index in [1.165, 1.54) is 0 Å². The molecule has 0 radical (unpaired) electrons. The van der Waals surface area contributed by atoms with Crippen LogP contribution in [0.25, 0.3) is 0 Å². The minimum Gasteiger partial charge on any atom is -0.331 e. The third kappa shape index (κ3) is 8.67. The molecule has 0 aliphatic rings. The van der Waals surface area contributed by atoms with Gasteiger partial charge in [-0.25, -0.2) is 0 Å². The number of hydrogen-bond acceptors (Lipinski definition) is 2. The van der Waals surface area contributed by atoms with Crippen LogP contribution in [0.5, 0.6) is 0 Å². The molecule has 80 valence electrons. The maximum Gasteiger partial charge on any atom is 0.171 e. The van der Waals surface area contributed by atoms with Crippen LogP contribution >= 0.6 is 8.38 Å². The lowest BCUT2D eigenvalue weighted by atomic mass is 10.3. The van der Waals surface area contributed by atoms with Gasteiger partial charge in [0.15, 0.2) is 8.38 Å². The fourth-order valence-electron chi connectivity index (χ4n) is 0.879. The average molecular weight is 206 g/mol. The molecule has 0 bridgehead atoms. The molecule has 0 fully saturated rings. The van der Waals surface area contributed by atoms with E-state index in [0.29, 0.717) is 5.92 Å². The van der Waals surface area contributed by atoms with Gasteiger partial charge < -0.3 is 9.05 Å². The molecular weight excluding hydrogens is 183 g/mol. The second kappa shape index (κ2) is 6.75. The van der Waals surface area contributed by atoms with Gasteiger partial charge in [0.25, 0.3) is 0 Å². The Bertz CT molecular complexity index is 100. The zero-order valence-electron chi connectivity index (χ0n) is 9.70. The molecule has 0 heterocycles. The van der Waals surface area contributed by atoms with Crippen molar-refractivity contribution in [1.29, 1.82) is 0 Å². The molecule has 0 unspecified atom stereocenters. The molecule has 0 aromatic carbocycles. The van der Waals surface area contributed by atoms with Crippen molar-refractivity contribution < 1.29 is 9.05 Å². The van der Waals surface area contributed by atoms with E-state index < -0.39 is 8.38 Å². The van der Waals surface area contributed by atoms with E-state index in [1.54, 1.807) is 0 Å². The maximum absolute atomic E-state index is 5.71. The summed E-state index contributed by atoms with van der Waals surface area (Å²) in [5, 5.41) is 0. The van der Waals surface area contributed by atoms with Crippen LogP contribution in [0.3, 0.4) is 0 Å². The van der Waals surface area contributed by atoms with Crippen molar-refractivity contribution in [1.82, 2.24) is 0 Å². The Kier molecular flexibility index (Phi) is 6.93. The molecule has 2 nitrogen and oxygen atoms in total. The maximum atomic E-state index is 5.71. The molecule has 0 aliphatic carbocycles. The molecule has 3 heteroatoms. The highest BCUT2D eigenvalue weighted by molar-refractivity contribution is 7.47. The Morgan fingerprint density at radius 3 is 1.46 bits per heavy atom. The summed E-state index contributed by atoms with van der Waals surface area (Å²) < 4.78 is 11.4. The first kappa shape index (κ1) is 13.4. The molecule has 0 atom stereocenters. The lowest BCUT2D eigenvalue weighted by Gasteiger charge is -2.23. The van der Waals surface area contributed by atoms with Crippen LogP contribution in [-0.4, -0.2) is 18.4 Å². The van der Waals surface area contributed by atoms with Gasteiger partial charge in [0.2, 0.25) is 0 Å². The van der Waals surface area contributed by atoms with Crippen molar-refractivity contribution in [2.75, 3.05) is 6.16 Å². The van der Waals surface area contributed by atoms with Gasteiger partial charge >= 0.3 is 0 Å². The van der Waals surface area contributed by atoms with E-state index in [0.717, 1.165) is 6.16 Å². The van der Waals surface area contributed by atoms with Crippen LogP contribution in [0.1, 0.15) is 41.5 Å². The lowest BCUT2D eigenvalue weighted by molar-refractivity contribution is 0.176. The van der Waals surface area contributed by atoms with Crippen LogP contribution in [0, 0.1) is 5.92 Å². The fourth-order valence-corrected chi connectivity index (χ4v) is 2.64. The van der Waals surface area contributed by atoms with E-state index >= 15 is 0 Å². The van der Waals surface area contributed by atoms with Crippen LogP contribution in [-0.2, 0) is 9.05 Å². The minimum absolute atomic E-state index is 0.267. The molecule has 0 amide bonds. The summed E-state index contributed by atoms with van der Waals surface area (Å²) in [5.74, 6) is 0.642. The number of hydrogen-bond donors (Lipinski definition) is 0. The first-order chi connectivity index (χ1) is 5.91. The molecule has 0 N–H and O–H groups in total. The first-order valence-electron chi connectivity index (χ1n) is 5.03. The van der Waals surface area contributed by atoms with Gasteiger partial charge in [-0.3, -0.25) is 0 Å². The lowest BCUT2D eigenvalue weighted by Crippen LogP contribution is -2.09. The summed E-state index contributed by atoms with van der Waals surface area (Å²) in [7, 11) is -0.679. The molecular formula is C10H23O2P. The summed E-state index contributed by atoms with van der Waals surface area (Å²) in [6.45, 7) is 12.6. The summed E-state index contributed by atoms with van der Waals surface area (Å²) in [6, 6.07) is 0. The van der Waals surface area contributed by atoms with Crippen LogP contribution < -0.4 is 0 Å². The normalized spacial score (nSPS) is 12.5. The molecule has 0 aliphatic heterocycles. The van der Waals surface area contributed by atoms with Crippen molar-refractivity contribution in [3.8, 4) is 0 Å². The topological polar surface area (TPSA) is 18.5 Å². The Morgan fingerprint density at radius 1 is 0.846 bits per heavy atom. The minimum atomic E-state index is -0.679. The summed E-state index contributed by atoms with van der Waals surface area (Å²) in [4.78, 5) is 0. The van der Waals surface area contributed by atoms with Crippen LogP contribution in [0.15, 0.2) is 0 Å². The Balaban J connectivity index is 3.87. The van der Waals surface area contributed by atoms with Gasteiger partial charge in [0, 0.05) is 6.16 Å².